The third-order valence-corrected chi connectivity index (χ3v) is 6.89. The van der Waals surface area contributed by atoms with E-state index in [1.807, 2.05) is 6.07 Å². The Labute approximate surface area is 199 Å². The van der Waals surface area contributed by atoms with Crippen molar-refractivity contribution in [3.05, 3.63) is 53.2 Å². The molecule has 0 bridgehead atoms. The van der Waals surface area contributed by atoms with Gasteiger partial charge in [-0.05, 0) is 69.0 Å². The molecule has 0 aliphatic carbocycles. The Morgan fingerprint density at radius 1 is 1.15 bits per heavy atom. The van der Waals surface area contributed by atoms with Crippen molar-refractivity contribution in [1.29, 1.82) is 0 Å². The number of hydrogen-bond acceptors (Lipinski definition) is 6. The molecule has 0 unspecified atom stereocenters. The summed E-state index contributed by atoms with van der Waals surface area (Å²) >= 11 is 1.44. The number of benzene rings is 1. The van der Waals surface area contributed by atoms with Crippen molar-refractivity contribution < 1.29 is 19.1 Å². The van der Waals surface area contributed by atoms with Crippen LogP contribution in [0.2, 0.25) is 0 Å². The largest absolute Gasteiger partial charge is 0.466 e. The standard InChI is InChI=1S/C25H31N3O4S/c1-5-32-25(31)19-10-13-28(14-11-19)22(29)16-27(4)24(30)21-7-6-12-26-23(21)33-20-9-8-17(2)18(3)15-20/h6-9,12,15,19H,5,10-11,13-14,16H2,1-4H3. The lowest BCUT2D eigenvalue weighted by Crippen LogP contribution is -2.45. The molecule has 0 atom stereocenters. The van der Waals surface area contributed by atoms with Crippen LogP contribution >= 0.6 is 11.8 Å². The first-order valence-corrected chi connectivity index (χ1v) is 12.0. The van der Waals surface area contributed by atoms with Crippen LogP contribution in [0.3, 0.4) is 0 Å². The van der Waals surface area contributed by atoms with Crippen molar-refractivity contribution in [3.63, 3.8) is 0 Å². The zero-order valence-corrected chi connectivity index (χ0v) is 20.5. The van der Waals surface area contributed by atoms with E-state index in [9.17, 15) is 14.4 Å². The summed E-state index contributed by atoms with van der Waals surface area (Å²) in [4.78, 5) is 46.4. The van der Waals surface area contributed by atoms with Gasteiger partial charge in [-0.1, -0.05) is 17.8 Å². The van der Waals surface area contributed by atoms with Crippen molar-refractivity contribution in [2.75, 3.05) is 33.3 Å². The van der Waals surface area contributed by atoms with Gasteiger partial charge >= 0.3 is 5.97 Å². The highest BCUT2D eigenvalue weighted by atomic mass is 32.2. The van der Waals surface area contributed by atoms with E-state index in [-0.39, 0.29) is 30.2 Å². The highest BCUT2D eigenvalue weighted by Crippen LogP contribution is 2.30. The average molecular weight is 470 g/mol. The van der Waals surface area contributed by atoms with Gasteiger partial charge in [0.15, 0.2) is 0 Å². The van der Waals surface area contributed by atoms with Crippen molar-refractivity contribution in [2.24, 2.45) is 5.92 Å². The number of rotatable bonds is 7. The molecule has 1 fully saturated rings. The summed E-state index contributed by atoms with van der Waals surface area (Å²) in [6, 6.07) is 9.62. The van der Waals surface area contributed by atoms with Gasteiger partial charge in [0, 0.05) is 31.2 Å². The molecule has 8 heteroatoms. The number of carbonyl (C=O) groups excluding carboxylic acids is 3. The Morgan fingerprint density at radius 2 is 1.88 bits per heavy atom. The molecule has 1 aliphatic heterocycles. The maximum atomic E-state index is 13.1. The van der Waals surface area contributed by atoms with Crippen LogP contribution in [0.15, 0.2) is 46.5 Å². The minimum absolute atomic E-state index is 0.0223. The quantitative estimate of drug-likeness (QED) is 0.575. The summed E-state index contributed by atoms with van der Waals surface area (Å²) in [5.41, 5.74) is 2.86. The van der Waals surface area contributed by atoms with E-state index in [0.29, 0.717) is 43.1 Å². The molecule has 0 N–H and O–H groups in total. The predicted octanol–water partition coefficient (Wildman–Crippen LogP) is 3.72. The zero-order chi connectivity index (χ0) is 24.0. The molecular formula is C25H31N3O4S. The van der Waals surface area contributed by atoms with Gasteiger partial charge in [0.25, 0.3) is 5.91 Å². The molecule has 0 radical (unpaired) electrons. The number of likely N-dealkylation sites (N-methyl/N-ethyl adjacent to an activating group) is 1. The van der Waals surface area contributed by atoms with Crippen molar-refractivity contribution >= 4 is 29.5 Å². The lowest BCUT2D eigenvalue weighted by atomic mass is 9.97. The number of esters is 1. The van der Waals surface area contributed by atoms with Crippen LogP contribution in [-0.4, -0.2) is 65.9 Å². The number of amides is 2. The number of ether oxygens (including phenoxy) is 1. The van der Waals surface area contributed by atoms with Gasteiger partial charge in [-0.3, -0.25) is 14.4 Å². The topological polar surface area (TPSA) is 79.8 Å². The SMILES string of the molecule is CCOC(=O)C1CCN(C(=O)CN(C)C(=O)c2cccnc2Sc2ccc(C)c(C)c2)CC1. The molecule has 2 aromatic rings. The molecule has 1 aliphatic rings. The molecule has 1 aromatic heterocycles. The lowest BCUT2D eigenvalue weighted by Gasteiger charge is -2.32. The first kappa shape index (κ1) is 24.8. The number of aryl methyl sites for hydroxylation is 2. The van der Waals surface area contributed by atoms with Gasteiger partial charge in [0.1, 0.15) is 5.03 Å². The normalized spacial score (nSPS) is 14.1. The third kappa shape index (κ3) is 6.35. The van der Waals surface area contributed by atoms with E-state index in [1.54, 1.807) is 37.2 Å². The second-order valence-corrected chi connectivity index (χ2v) is 9.33. The smallest absolute Gasteiger partial charge is 0.309 e. The number of carbonyl (C=O) groups is 3. The Kier molecular flexibility index (Phi) is 8.49. The van der Waals surface area contributed by atoms with Crippen LogP contribution in [0.1, 0.15) is 41.3 Å². The third-order valence-electron chi connectivity index (χ3n) is 5.88. The summed E-state index contributed by atoms with van der Waals surface area (Å²) in [5, 5.41) is 0.611. The fourth-order valence-corrected chi connectivity index (χ4v) is 4.70. The van der Waals surface area contributed by atoms with Crippen molar-refractivity contribution in [3.8, 4) is 0 Å². The van der Waals surface area contributed by atoms with Gasteiger partial charge in [-0.25, -0.2) is 4.98 Å². The first-order valence-electron chi connectivity index (χ1n) is 11.2. The minimum Gasteiger partial charge on any atom is -0.466 e. The summed E-state index contributed by atoms with van der Waals surface area (Å²) in [6.07, 6.45) is 2.84. The molecule has 2 amide bonds. The Balaban J connectivity index is 1.62. The van der Waals surface area contributed by atoms with Gasteiger partial charge in [-0.15, -0.1) is 0 Å². The van der Waals surface area contributed by atoms with Crippen LogP contribution < -0.4 is 0 Å². The highest BCUT2D eigenvalue weighted by molar-refractivity contribution is 7.99. The van der Waals surface area contributed by atoms with Gasteiger partial charge < -0.3 is 14.5 Å². The van der Waals surface area contributed by atoms with Gasteiger partial charge in [0.05, 0.1) is 24.6 Å². The number of pyridine rings is 1. The van der Waals surface area contributed by atoms with E-state index >= 15 is 0 Å². The molecular weight excluding hydrogens is 438 g/mol. The van der Waals surface area contributed by atoms with E-state index in [0.717, 1.165) is 4.90 Å². The van der Waals surface area contributed by atoms with E-state index in [2.05, 4.69) is 31.0 Å². The Hall–Kier alpha value is -2.87. The molecule has 33 heavy (non-hydrogen) atoms. The number of likely N-dealkylation sites (tertiary alicyclic amines) is 1. The van der Waals surface area contributed by atoms with Crippen LogP contribution in [0.25, 0.3) is 0 Å². The summed E-state index contributed by atoms with van der Waals surface area (Å²) < 4.78 is 5.08. The molecule has 0 spiro atoms. The fraction of sp³-hybridized carbons (Fsp3) is 0.440. The number of nitrogens with zero attached hydrogens (tertiary/aromatic N) is 3. The maximum Gasteiger partial charge on any atom is 0.309 e. The maximum absolute atomic E-state index is 13.1. The molecule has 7 nitrogen and oxygen atoms in total. The van der Waals surface area contributed by atoms with Crippen LogP contribution in [0, 0.1) is 19.8 Å². The molecule has 0 saturated carbocycles. The second-order valence-electron chi connectivity index (χ2n) is 8.27. The summed E-state index contributed by atoms with van der Waals surface area (Å²) in [6.45, 7) is 7.23. The average Bonchev–Trinajstić information content (AvgIpc) is 2.81. The van der Waals surface area contributed by atoms with Crippen molar-refractivity contribution in [2.45, 2.75) is 43.5 Å². The van der Waals surface area contributed by atoms with Gasteiger partial charge in [-0.2, -0.15) is 0 Å². The number of hydrogen-bond donors (Lipinski definition) is 0. The van der Waals surface area contributed by atoms with E-state index in [4.69, 9.17) is 4.74 Å². The second kappa shape index (κ2) is 11.3. The van der Waals surface area contributed by atoms with Crippen LogP contribution in [0.4, 0.5) is 0 Å². The minimum atomic E-state index is -0.246. The first-order chi connectivity index (χ1) is 15.8. The van der Waals surface area contributed by atoms with Crippen LogP contribution in [0.5, 0.6) is 0 Å². The summed E-state index contributed by atoms with van der Waals surface area (Å²) in [7, 11) is 1.63. The zero-order valence-electron chi connectivity index (χ0n) is 19.7. The number of aromatic nitrogens is 1. The predicted molar refractivity (Wildman–Crippen MR) is 127 cm³/mol. The lowest BCUT2D eigenvalue weighted by molar-refractivity contribution is -0.151. The van der Waals surface area contributed by atoms with E-state index in [1.165, 1.54) is 27.8 Å². The highest BCUT2D eigenvalue weighted by Gasteiger charge is 2.29. The Bertz CT molecular complexity index is 1020. The monoisotopic (exact) mass is 469 g/mol. The number of piperidine rings is 1. The molecule has 2 heterocycles. The summed E-state index contributed by atoms with van der Waals surface area (Å²) in [5.74, 6) is -0.722. The molecule has 1 saturated heterocycles. The van der Waals surface area contributed by atoms with E-state index < -0.39 is 0 Å². The van der Waals surface area contributed by atoms with Crippen LogP contribution in [-0.2, 0) is 14.3 Å². The van der Waals surface area contributed by atoms with Crippen molar-refractivity contribution in [1.82, 2.24) is 14.8 Å². The molecule has 176 valence electrons. The Morgan fingerprint density at radius 3 is 2.55 bits per heavy atom. The van der Waals surface area contributed by atoms with Gasteiger partial charge in [0.2, 0.25) is 5.91 Å². The fourth-order valence-electron chi connectivity index (χ4n) is 3.73. The molecule has 1 aromatic carbocycles. The molecule has 3 rings (SSSR count).